The maximum absolute atomic E-state index is 11.7. The number of carboxylic acid groups (broad SMARTS) is 1. The van der Waals surface area contributed by atoms with Gasteiger partial charge in [-0.2, -0.15) is 0 Å². The van der Waals surface area contributed by atoms with Crippen LogP contribution in [0.5, 0.6) is 0 Å². The number of hydrogen-bond donors (Lipinski definition) is 2. The smallest absolute Gasteiger partial charge is 0.407 e. The molecule has 0 saturated carbocycles. The monoisotopic (exact) mass is 307 g/mol. The van der Waals surface area contributed by atoms with E-state index < -0.39 is 39.5 Å². The number of carbonyl (C=O) groups is 2. The number of aliphatic carboxylic acids is 1. The van der Waals surface area contributed by atoms with Crippen molar-refractivity contribution in [3.8, 4) is 0 Å². The zero-order valence-corrected chi connectivity index (χ0v) is 12.7. The summed E-state index contributed by atoms with van der Waals surface area (Å²) in [6.07, 6.45) is -0.666. The van der Waals surface area contributed by atoms with E-state index in [4.69, 9.17) is 9.84 Å². The summed E-state index contributed by atoms with van der Waals surface area (Å²) in [5.74, 6) is -1.70. The van der Waals surface area contributed by atoms with Crippen LogP contribution in [-0.4, -0.2) is 48.7 Å². The summed E-state index contributed by atoms with van der Waals surface area (Å²) in [6, 6.07) is -0.723. The topological polar surface area (TPSA) is 110 Å². The Balaban J connectivity index is 2.74. The van der Waals surface area contributed by atoms with Crippen molar-refractivity contribution in [2.24, 2.45) is 5.92 Å². The van der Waals surface area contributed by atoms with Crippen molar-refractivity contribution in [2.45, 2.75) is 45.3 Å². The number of carbonyl (C=O) groups excluding carboxylic acids is 1. The van der Waals surface area contributed by atoms with Gasteiger partial charge in [-0.25, -0.2) is 13.2 Å². The van der Waals surface area contributed by atoms with Gasteiger partial charge in [0, 0.05) is 6.04 Å². The summed E-state index contributed by atoms with van der Waals surface area (Å²) in [4.78, 5) is 22.5. The fraction of sp³-hybridized carbons (Fsp3) is 0.833. The highest BCUT2D eigenvalue weighted by atomic mass is 32.2. The van der Waals surface area contributed by atoms with Gasteiger partial charge in [0.05, 0.1) is 17.9 Å². The number of ether oxygens (including phenoxy) is 1. The van der Waals surface area contributed by atoms with Crippen molar-refractivity contribution in [3.05, 3.63) is 0 Å². The largest absolute Gasteiger partial charge is 0.481 e. The second-order valence-corrected chi connectivity index (χ2v) is 8.24. The van der Waals surface area contributed by atoms with E-state index >= 15 is 0 Å². The Kier molecular flexibility index (Phi) is 5.01. The lowest BCUT2D eigenvalue weighted by Gasteiger charge is -2.31. The van der Waals surface area contributed by atoms with E-state index in [1.807, 2.05) is 0 Å². The maximum atomic E-state index is 11.7. The quantitative estimate of drug-likeness (QED) is 0.797. The first-order valence-corrected chi connectivity index (χ1v) is 8.22. The van der Waals surface area contributed by atoms with E-state index in [2.05, 4.69) is 5.32 Å². The van der Waals surface area contributed by atoms with Gasteiger partial charge >= 0.3 is 12.1 Å². The van der Waals surface area contributed by atoms with E-state index in [1.54, 1.807) is 20.8 Å². The molecule has 0 aliphatic carbocycles. The SMILES string of the molecule is CC(C)(C)OC(=O)N[C@@H]1CS(=O)(=O)CC[C@@H]1CC(=O)O. The lowest BCUT2D eigenvalue weighted by molar-refractivity contribution is -0.138. The van der Waals surface area contributed by atoms with Crippen molar-refractivity contribution in [3.63, 3.8) is 0 Å². The third-order valence-electron chi connectivity index (χ3n) is 2.94. The molecule has 0 spiro atoms. The highest BCUT2D eigenvalue weighted by Gasteiger charge is 2.36. The summed E-state index contributed by atoms with van der Waals surface area (Å²) < 4.78 is 28.3. The Morgan fingerprint density at radius 2 is 1.95 bits per heavy atom. The molecule has 1 aliphatic heterocycles. The molecule has 8 heteroatoms. The van der Waals surface area contributed by atoms with E-state index in [-0.39, 0.29) is 24.3 Å². The lowest BCUT2D eigenvalue weighted by atomic mass is 9.94. The molecule has 0 aromatic rings. The van der Waals surface area contributed by atoms with E-state index in [0.717, 1.165) is 0 Å². The minimum Gasteiger partial charge on any atom is -0.481 e. The minimum absolute atomic E-state index is 0.0442. The van der Waals surface area contributed by atoms with Crippen LogP contribution in [-0.2, 0) is 19.4 Å². The number of carboxylic acids is 1. The van der Waals surface area contributed by atoms with Crippen LogP contribution < -0.4 is 5.32 Å². The first-order valence-electron chi connectivity index (χ1n) is 6.40. The van der Waals surface area contributed by atoms with Gasteiger partial charge in [-0.3, -0.25) is 4.79 Å². The minimum atomic E-state index is -3.25. The second kappa shape index (κ2) is 5.99. The van der Waals surface area contributed by atoms with Gasteiger partial charge in [0.1, 0.15) is 5.60 Å². The van der Waals surface area contributed by atoms with E-state index in [1.165, 1.54) is 0 Å². The molecule has 2 N–H and O–H groups in total. The third kappa shape index (κ3) is 5.77. The maximum Gasteiger partial charge on any atom is 0.407 e. The fourth-order valence-corrected chi connectivity index (χ4v) is 3.84. The predicted octanol–water partition coefficient (Wildman–Crippen LogP) is 0.789. The molecule has 7 nitrogen and oxygen atoms in total. The van der Waals surface area contributed by atoms with Crippen molar-refractivity contribution in [2.75, 3.05) is 11.5 Å². The number of amides is 1. The van der Waals surface area contributed by atoms with Crippen molar-refractivity contribution in [1.82, 2.24) is 5.32 Å². The standard InChI is InChI=1S/C12H21NO6S/c1-12(2,3)19-11(16)13-9-7-20(17,18)5-4-8(9)6-10(14)15/h8-9H,4-7H2,1-3H3,(H,13,16)(H,14,15)/t8-,9-/m1/s1. The number of nitrogens with one attached hydrogen (secondary N) is 1. The van der Waals surface area contributed by atoms with Crippen molar-refractivity contribution >= 4 is 21.9 Å². The Hall–Kier alpha value is -1.31. The van der Waals surface area contributed by atoms with Gasteiger partial charge in [-0.15, -0.1) is 0 Å². The Labute approximate surface area is 118 Å². The van der Waals surface area contributed by atoms with Crippen LogP contribution in [0.1, 0.15) is 33.6 Å². The molecule has 0 bridgehead atoms. The van der Waals surface area contributed by atoms with Gasteiger partial charge in [0.2, 0.25) is 0 Å². The molecule has 0 aromatic carbocycles. The second-order valence-electron chi connectivity index (χ2n) is 6.01. The van der Waals surface area contributed by atoms with Gasteiger partial charge in [-0.1, -0.05) is 0 Å². The molecule has 0 aromatic heterocycles. The number of rotatable bonds is 3. The molecule has 2 atom stereocenters. The molecule has 1 rings (SSSR count). The van der Waals surface area contributed by atoms with Gasteiger partial charge < -0.3 is 15.2 Å². The molecule has 1 amide bonds. The van der Waals surface area contributed by atoms with Crippen LogP contribution in [0.3, 0.4) is 0 Å². The molecular formula is C12H21NO6S. The molecule has 1 saturated heterocycles. The molecule has 1 heterocycles. The first kappa shape index (κ1) is 16.7. The average molecular weight is 307 g/mol. The zero-order valence-electron chi connectivity index (χ0n) is 11.9. The van der Waals surface area contributed by atoms with E-state index in [9.17, 15) is 18.0 Å². The molecule has 116 valence electrons. The number of sulfone groups is 1. The van der Waals surface area contributed by atoms with E-state index in [0.29, 0.717) is 0 Å². The Morgan fingerprint density at radius 3 is 2.45 bits per heavy atom. The summed E-state index contributed by atoms with van der Waals surface area (Å²) in [7, 11) is -3.25. The highest BCUT2D eigenvalue weighted by molar-refractivity contribution is 7.91. The Morgan fingerprint density at radius 1 is 1.35 bits per heavy atom. The van der Waals surface area contributed by atoms with Crippen LogP contribution in [0, 0.1) is 5.92 Å². The molecule has 20 heavy (non-hydrogen) atoms. The summed E-state index contributed by atoms with van der Waals surface area (Å²) >= 11 is 0. The highest BCUT2D eigenvalue weighted by Crippen LogP contribution is 2.23. The average Bonchev–Trinajstić information content (AvgIpc) is 2.18. The van der Waals surface area contributed by atoms with Crippen LogP contribution in [0.15, 0.2) is 0 Å². The summed E-state index contributed by atoms with van der Waals surface area (Å²) in [5.41, 5.74) is -0.695. The molecule has 0 unspecified atom stereocenters. The lowest BCUT2D eigenvalue weighted by Crippen LogP contribution is -2.50. The number of alkyl carbamates (subject to hydrolysis) is 1. The fourth-order valence-electron chi connectivity index (χ4n) is 2.11. The third-order valence-corrected chi connectivity index (χ3v) is 4.67. The number of hydrogen-bond acceptors (Lipinski definition) is 5. The summed E-state index contributed by atoms with van der Waals surface area (Å²) in [6.45, 7) is 5.08. The van der Waals surface area contributed by atoms with Crippen LogP contribution in [0.4, 0.5) is 4.79 Å². The van der Waals surface area contributed by atoms with Gasteiger partial charge in [0.15, 0.2) is 9.84 Å². The zero-order chi connectivity index (χ0) is 15.6. The summed E-state index contributed by atoms with van der Waals surface area (Å²) in [5, 5.41) is 11.3. The first-order chi connectivity index (χ1) is 8.98. The molecule has 0 radical (unpaired) electrons. The molecular weight excluding hydrogens is 286 g/mol. The predicted molar refractivity (Wildman–Crippen MR) is 72.2 cm³/mol. The Bertz CT molecular complexity index is 479. The van der Waals surface area contributed by atoms with Gasteiger partial charge in [0.25, 0.3) is 0 Å². The normalized spacial score (nSPS) is 25.8. The van der Waals surface area contributed by atoms with Crippen molar-refractivity contribution < 1.29 is 27.9 Å². The van der Waals surface area contributed by atoms with Gasteiger partial charge in [-0.05, 0) is 33.1 Å². The molecule has 1 fully saturated rings. The van der Waals surface area contributed by atoms with Crippen molar-refractivity contribution in [1.29, 1.82) is 0 Å². The van der Waals surface area contributed by atoms with Crippen LogP contribution in [0.25, 0.3) is 0 Å². The van der Waals surface area contributed by atoms with Crippen LogP contribution in [0.2, 0.25) is 0 Å². The van der Waals surface area contributed by atoms with Crippen LogP contribution >= 0.6 is 0 Å². The molecule has 1 aliphatic rings.